The van der Waals surface area contributed by atoms with E-state index in [1.807, 2.05) is 6.21 Å². The van der Waals surface area contributed by atoms with E-state index in [1.165, 1.54) is 42.4 Å². The zero-order chi connectivity index (χ0) is 21.0. The second kappa shape index (κ2) is 12.7. The second-order valence-corrected chi connectivity index (χ2v) is 8.92. The number of hydrogen-bond donors (Lipinski definition) is 0. The third-order valence-electron chi connectivity index (χ3n) is 5.26. The van der Waals surface area contributed by atoms with Crippen molar-refractivity contribution in [3.05, 3.63) is 58.7 Å². The molecule has 1 rings (SSSR count). The lowest BCUT2D eigenvalue weighted by atomic mass is 9.72. The Bertz CT molecular complexity index is 652. The van der Waals surface area contributed by atoms with Crippen molar-refractivity contribution in [3.8, 4) is 0 Å². The Hall–Kier alpha value is -1.67. The molecule has 0 unspecified atom stereocenters. The predicted molar refractivity (Wildman–Crippen MR) is 127 cm³/mol. The number of nitrogens with zero attached hydrogens (tertiary/aromatic N) is 2. The van der Waals surface area contributed by atoms with Crippen LogP contribution in [0.4, 0.5) is 0 Å². The van der Waals surface area contributed by atoms with Gasteiger partial charge in [-0.05, 0) is 81.8 Å². The molecule has 2 nitrogen and oxygen atoms in total. The van der Waals surface area contributed by atoms with Gasteiger partial charge in [0, 0.05) is 19.3 Å². The van der Waals surface area contributed by atoms with Gasteiger partial charge in [0.05, 0.1) is 0 Å². The van der Waals surface area contributed by atoms with Crippen LogP contribution in [0.3, 0.4) is 0 Å². The monoisotopic (exact) mass is 382 g/mol. The summed E-state index contributed by atoms with van der Waals surface area (Å²) in [4.78, 5) is 6.63. The molecule has 0 N–H and O–H groups in total. The van der Waals surface area contributed by atoms with Crippen LogP contribution in [-0.2, 0) is 0 Å². The first-order valence-corrected chi connectivity index (χ1v) is 10.8. The van der Waals surface area contributed by atoms with Crippen molar-refractivity contribution < 1.29 is 0 Å². The molecule has 0 amide bonds. The molecular weight excluding hydrogens is 340 g/mol. The van der Waals surface area contributed by atoms with E-state index in [0.29, 0.717) is 0 Å². The van der Waals surface area contributed by atoms with E-state index < -0.39 is 0 Å². The second-order valence-electron chi connectivity index (χ2n) is 8.92. The van der Waals surface area contributed by atoms with Gasteiger partial charge in [-0.25, -0.2) is 0 Å². The van der Waals surface area contributed by atoms with Crippen LogP contribution in [0, 0.1) is 5.41 Å². The minimum Gasteiger partial charge on any atom is -0.305 e. The molecule has 0 fully saturated rings. The van der Waals surface area contributed by atoms with Crippen LogP contribution in [0.15, 0.2) is 63.7 Å². The third kappa shape index (κ3) is 9.50. The van der Waals surface area contributed by atoms with Gasteiger partial charge in [-0.1, -0.05) is 63.1 Å². The van der Waals surface area contributed by atoms with E-state index in [-0.39, 0.29) is 5.41 Å². The SMILES string of the molecule is CCCCN=C/C=C(C)/C=C/C=C(\C=C\C1=C(C)CCCC1(C)C)CN(C)C. The van der Waals surface area contributed by atoms with Crippen molar-refractivity contribution in [2.24, 2.45) is 10.4 Å². The first-order valence-electron chi connectivity index (χ1n) is 10.8. The normalized spacial score (nSPS) is 19.1. The largest absolute Gasteiger partial charge is 0.305 e. The lowest BCUT2D eigenvalue weighted by Crippen LogP contribution is -2.19. The van der Waals surface area contributed by atoms with Crippen molar-refractivity contribution in [2.45, 2.75) is 66.7 Å². The summed E-state index contributed by atoms with van der Waals surface area (Å²) in [5.41, 5.74) is 5.90. The number of rotatable bonds is 10. The van der Waals surface area contributed by atoms with E-state index in [1.54, 1.807) is 5.57 Å². The van der Waals surface area contributed by atoms with Gasteiger partial charge >= 0.3 is 0 Å². The molecule has 0 heterocycles. The molecule has 0 atom stereocenters. The van der Waals surface area contributed by atoms with Crippen LogP contribution < -0.4 is 0 Å². The van der Waals surface area contributed by atoms with Gasteiger partial charge in [0.25, 0.3) is 0 Å². The quantitative estimate of drug-likeness (QED) is 0.227. The number of unbranched alkanes of at least 4 members (excludes halogenated alkanes) is 1. The Morgan fingerprint density at radius 2 is 1.93 bits per heavy atom. The van der Waals surface area contributed by atoms with Gasteiger partial charge in [-0.2, -0.15) is 0 Å². The Morgan fingerprint density at radius 1 is 1.18 bits per heavy atom. The number of likely N-dealkylation sites (N-methyl/N-ethyl adjacent to an activating group) is 1. The van der Waals surface area contributed by atoms with Crippen molar-refractivity contribution >= 4 is 6.21 Å². The lowest BCUT2D eigenvalue weighted by Gasteiger charge is -2.33. The molecule has 0 aromatic heterocycles. The first-order chi connectivity index (χ1) is 13.3. The Kier molecular flexibility index (Phi) is 11.1. The molecule has 0 aromatic rings. The summed E-state index contributed by atoms with van der Waals surface area (Å²) in [6.07, 6.45) is 21.4. The fourth-order valence-electron chi connectivity index (χ4n) is 3.60. The summed E-state index contributed by atoms with van der Waals surface area (Å²) in [5, 5.41) is 0. The average Bonchev–Trinajstić information content (AvgIpc) is 2.59. The van der Waals surface area contributed by atoms with Crippen molar-refractivity contribution in [2.75, 3.05) is 27.2 Å². The fraction of sp³-hybridized carbons (Fsp3) is 0.577. The number of hydrogen-bond acceptors (Lipinski definition) is 2. The molecular formula is C26H42N2. The van der Waals surface area contributed by atoms with Gasteiger partial charge in [0.2, 0.25) is 0 Å². The summed E-state index contributed by atoms with van der Waals surface area (Å²) >= 11 is 0. The van der Waals surface area contributed by atoms with Gasteiger partial charge in [0.15, 0.2) is 0 Å². The maximum Gasteiger partial charge on any atom is 0.0389 e. The first kappa shape index (κ1) is 24.4. The van der Waals surface area contributed by atoms with E-state index >= 15 is 0 Å². The van der Waals surface area contributed by atoms with Crippen LogP contribution in [0.25, 0.3) is 0 Å². The maximum absolute atomic E-state index is 4.41. The predicted octanol–water partition coefficient (Wildman–Crippen LogP) is 6.93. The molecule has 0 saturated carbocycles. The lowest BCUT2D eigenvalue weighted by molar-refractivity contribution is 0.376. The smallest absolute Gasteiger partial charge is 0.0389 e. The Balaban J connectivity index is 2.87. The summed E-state index contributed by atoms with van der Waals surface area (Å²) in [5.74, 6) is 0. The molecule has 1 aliphatic rings. The molecule has 0 saturated heterocycles. The van der Waals surface area contributed by atoms with Crippen molar-refractivity contribution in [1.82, 2.24) is 4.90 Å². The van der Waals surface area contributed by atoms with E-state index in [4.69, 9.17) is 0 Å². The summed E-state index contributed by atoms with van der Waals surface area (Å²) in [6.45, 7) is 13.2. The van der Waals surface area contributed by atoms with Crippen LogP contribution in [0.5, 0.6) is 0 Å². The maximum atomic E-state index is 4.41. The fourth-order valence-corrected chi connectivity index (χ4v) is 3.60. The van der Waals surface area contributed by atoms with E-state index in [0.717, 1.165) is 19.5 Å². The topological polar surface area (TPSA) is 15.6 Å². The zero-order valence-corrected chi connectivity index (χ0v) is 19.4. The molecule has 28 heavy (non-hydrogen) atoms. The molecule has 0 aromatic carbocycles. The highest BCUT2D eigenvalue weighted by Gasteiger charge is 2.26. The number of allylic oxidation sites excluding steroid dienone is 8. The van der Waals surface area contributed by atoms with E-state index in [2.05, 4.69) is 95.1 Å². The minimum absolute atomic E-state index is 0.286. The van der Waals surface area contributed by atoms with Gasteiger partial charge in [0.1, 0.15) is 0 Å². The average molecular weight is 383 g/mol. The van der Waals surface area contributed by atoms with Crippen LogP contribution in [-0.4, -0.2) is 38.3 Å². The molecule has 0 spiro atoms. The minimum atomic E-state index is 0.286. The molecule has 0 bridgehead atoms. The molecule has 0 aliphatic heterocycles. The molecule has 1 aliphatic carbocycles. The Labute approximate surface area is 174 Å². The van der Waals surface area contributed by atoms with Crippen LogP contribution in [0.1, 0.15) is 66.7 Å². The summed E-state index contributed by atoms with van der Waals surface area (Å²) in [6, 6.07) is 0. The van der Waals surface area contributed by atoms with Gasteiger partial charge in [-0.3, -0.25) is 4.99 Å². The Morgan fingerprint density at radius 3 is 2.57 bits per heavy atom. The third-order valence-corrected chi connectivity index (χ3v) is 5.26. The number of aliphatic imine (C=N–C) groups is 1. The van der Waals surface area contributed by atoms with Crippen molar-refractivity contribution in [1.29, 1.82) is 0 Å². The summed E-state index contributed by atoms with van der Waals surface area (Å²) < 4.78 is 0. The molecule has 0 radical (unpaired) electrons. The molecule has 2 heteroatoms. The highest BCUT2D eigenvalue weighted by Crippen LogP contribution is 2.40. The van der Waals surface area contributed by atoms with Gasteiger partial charge in [-0.15, -0.1) is 0 Å². The van der Waals surface area contributed by atoms with E-state index in [9.17, 15) is 0 Å². The summed E-state index contributed by atoms with van der Waals surface area (Å²) in [7, 11) is 4.25. The van der Waals surface area contributed by atoms with Crippen LogP contribution in [0.2, 0.25) is 0 Å². The highest BCUT2D eigenvalue weighted by atomic mass is 15.0. The van der Waals surface area contributed by atoms with Gasteiger partial charge < -0.3 is 4.90 Å². The highest BCUT2D eigenvalue weighted by molar-refractivity contribution is 5.72. The van der Waals surface area contributed by atoms with Crippen molar-refractivity contribution in [3.63, 3.8) is 0 Å². The van der Waals surface area contributed by atoms with Crippen LogP contribution >= 0.6 is 0 Å². The molecule has 156 valence electrons. The standard InChI is InChI=1S/C26H42N2/c1-8-9-19-27-20-17-22(2)12-10-14-24(21-28(6)7)15-16-25-23(3)13-11-18-26(25,4)5/h10,12,14-17,20H,8-9,11,13,18-19,21H2,1-7H3/b12-10+,16-15+,22-17+,24-14+,27-20?. The zero-order valence-electron chi connectivity index (χ0n) is 19.4.